The third kappa shape index (κ3) is 6.61. The molecule has 2 amide bonds. The Morgan fingerprint density at radius 3 is 2.32 bits per heavy atom. The van der Waals surface area contributed by atoms with E-state index in [1.54, 1.807) is 24.3 Å². The Labute approximate surface area is 221 Å². The van der Waals surface area contributed by atoms with E-state index in [1.807, 2.05) is 39.0 Å². The van der Waals surface area contributed by atoms with E-state index in [4.69, 9.17) is 0 Å². The number of anilines is 1. The number of alkyl halides is 3. The van der Waals surface area contributed by atoms with Crippen LogP contribution in [-0.4, -0.2) is 36.3 Å². The smallest absolute Gasteiger partial charge is 0.354 e. The first-order valence-corrected chi connectivity index (χ1v) is 12.6. The number of rotatable bonds is 6. The highest BCUT2D eigenvalue weighted by molar-refractivity contribution is 6.08. The summed E-state index contributed by atoms with van der Waals surface area (Å²) in [6, 6.07) is 17.5. The molecule has 8 heteroatoms. The van der Waals surface area contributed by atoms with Crippen LogP contribution in [-0.2, 0) is 23.9 Å². The highest BCUT2D eigenvalue weighted by Crippen LogP contribution is 2.32. The summed E-state index contributed by atoms with van der Waals surface area (Å²) in [6.07, 6.45) is -3.59. The van der Waals surface area contributed by atoms with E-state index in [1.165, 1.54) is 17.7 Å². The Morgan fingerprint density at radius 1 is 0.921 bits per heavy atom. The van der Waals surface area contributed by atoms with Crippen LogP contribution in [0.5, 0.6) is 0 Å². The van der Waals surface area contributed by atoms with Crippen molar-refractivity contribution in [3.05, 3.63) is 89.0 Å². The van der Waals surface area contributed by atoms with Gasteiger partial charge in [0.1, 0.15) is 0 Å². The number of amides is 2. The Balaban J connectivity index is 1.41. The minimum atomic E-state index is -4.42. The Kier molecular flexibility index (Phi) is 7.92. The molecule has 38 heavy (non-hydrogen) atoms. The molecule has 0 aliphatic carbocycles. The van der Waals surface area contributed by atoms with Gasteiger partial charge in [0.05, 0.1) is 5.56 Å². The lowest BCUT2D eigenvalue weighted by Gasteiger charge is -2.29. The molecule has 1 aliphatic rings. The Morgan fingerprint density at radius 2 is 1.63 bits per heavy atom. The van der Waals surface area contributed by atoms with Crippen molar-refractivity contribution >= 4 is 17.5 Å². The van der Waals surface area contributed by atoms with Crippen LogP contribution >= 0.6 is 0 Å². The number of nitrogens with one attached hydrogen (secondary N) is 2. The fourth-order valence-corrected chi connectivity index (χ4v) is 4.44. The minimum absolute atomic E-state index is 0.0372. The Bertz CT molecular complexity index is 1310. The summed E-state index contributed by atoms with van der Waals surface area (Å²) in [4.78, 5) is 27.5. The van der Waals surface area contributed by atoms with E-state index in [0.717, 1.165) is 43.8 Å². The summed E-state index contributed by atoms with van der Waals surface area (Å²) in [5.41, 5.74) is 3.35. The van der Waals surface area contributed by atoms with Gasteiger partial charge in [0, 0.05) is 42.8 Å². The third-order valence-electron chi connectivity index (χ3n) is 6.65. The molecular weight excluding hydrogens is 491 g/mol. The normalized spacial score (nSPS) is 14.1. The van der Waals surface area contributed by atoms with Crippen LogP contribution in [0, 0.1) is 5.41 Å². The van der Waals surface area contributed by atoms with E-state index in [-0.39, 0.29) is 11.8 Å². The number of fused-ring (bicyclic) bond motifs is 1. The van der Waals surface area contributed by atoms with E-state index < -0.39 is 17.2 Å². The van der Waals surface area contributed by atoms with Gasteiger partial charge in [0.25, 0.3) is 5.91 Å². The first-order chi connectivity index (χ1) is 17.9. The number of halogens is 3. The van der Waals surface area contributed by atoms with Gasteiger partial charge in [-0.15, -0.1) is 0 Å². The number of benzene rings is 3. The standard InChI is InChI=1S/C30H32F3N3O2/c1-29(2,3)28(38)34-15-17-36-16-14-21-18-24(13-10-22(21)19-36)35-27(37)26-7-5-4-6-25(26)20-8-11-23(12-9-20)30(31,32)33/h4-13,18H,14-17,19H2,1-3H3,(H,34,38)(H,35,37). The van der Waals surface area contributed by atoms with Crippen LogP contribution in [0.1, 0.15) is 47.8 Å². The van der Waals surface area contributed by atoms with Crippen molar-refractivity contribution in [1.29, 1.82) is 0 Å². The van der Waals surface area contributed by atoms with Gasteiger partial charge < -0.3 is 10.6 Å². The predicted octanol–water partition coefficient (Wildman–Crippen LogP) is 6.15. The zero-order valence-corrected chi connectivity index (χ0v) is 21.8. The molecule has 0 spiro atoms. The SMILES string of the molecule is CC(C)(C)C(=O)NCCN1CCc2cc(NC(=O)c3ccccc3-c3ccc(C(F)(F)F)cc3)ccc2C1. The Hall–Kier alpha value is -3.65. The molecule has 1 aliphatic heterocycles. The highest BCUT2D eigenvalue weighted by Gasteiger charge is 2.30. The molecule has 2 N–H and O–H groups in total. The third-order valence-corrected chi connectivity index (χ3v) is 6.65. The van der Waals surface area contributed by atoms with Gasteiger partial charge >= 0.3 is 6.18 Å². The molecule has 0 saturated carbocycles. The maximum absolute atomic E-state index is 13.2. The monoisotopic (exact) mass is 523 g/mol. The molecule has 0 atom stereocenters. The lowest BCUT2D eigenvalue weighted by molar-refractivity contribution is -0.137. The van der Waals surface area contributed by atoms with Crippen molar-refractivity contribution in [2.24, 2.45) is 5.41 Å². The fraction of sp³-hybridized carbons (Fsp3) is 0.333. The molecule has 3 aromatic carbocycles. The molecule has 0 unspecified atom stereocenters. The van der Waals surface area contributed by atoms with Gasteiger partial charge in [-0.25, -0.2) is 0 Å². The molecule has 0 saturated heterocycles. The lowest BCUT2D eigenvalue weighted by Crippen LogP contribution is -2.41. The molecule has 4 rings (SSSR count). The van der Waals surface area contributed by atoms with Gasteiger partial charge in [-0.3, -0.25) is 14.5 Å². The minimum Gasteiger partial charge on any atom is -0.354 e. The van der Waals surface area contributed by atoms with Crippen LogP contribution in [0.25, 0.3) is 11.1 Å². The van der Waals surface area contributed by atoms with Gasteiger partial charge in [-0.05, 0) is 59.0 Å². The van der Waals surface area contributed by atoms with Crippen molar-refractivity contribution in [2.45, 2.75) is 39.9 Å². The van der Waals surface area contributed by atoms with Gasteiger partial charge in [0.15, 0.2) is 0 Å². The van der Waals surface area contributed by atoms with Gasteiger partial charge in [0.2, 0.25) is 5.91 Å². The van der Waals surface area contributed by atoms with Crippen molar-refractivity contribution in [3.8, 4) is 11.1 Å². The summed E-state index contributed by atoms with van der Waals surface area (Å²) < 4.78 is 38.9. The molecule has 0 fully saturated rings. The summed E-state index contributed by atoms with van der Waals surface area (Å²) >= 11 is 0. The number of hydrogen-bond donors (Lipinski definition) is 2. The van der Waals surface area contributed by atoms with E-state index in [2.05, 4.69) is 15.5 Å². The van der Waals surface area contributed by atoms with Gasteiger partial charge in [-0.2, -0.15) is 13.2 Å². The molecule has 0 radical (unpaired) electrons. The van der Waals surface area contributed by atoms with Crippen LogP contribution in [0.15, 0.2) is 66.7 Å². The first-order valence-electron chi connectivity index (χ1n) is 12.6. The molecule has 0 aromatic heterocycles. The second kappa shape index (κ2) is 11.0. The zero-order valence-electron chi connectivity index (χ0n) is 21.8. The second-order valence-electron chi connectivity index (χ2n) is 10.6. The summed E-state index contributed by atoms with van der Waals surface area (Å²) in [7, 11) is 0. The van der Waals surface area contributed by atoms with Crippen LogP contribution in [0.3, 0.4) is 0 Å². The van der Waals surface area contributed by atoms with E-state index >= 15 is 0 Å². The van der Waals surface area contributed by atoms with Gasteiger partial charge in [-0.1, -0.05) is 57.2 Å². The summed E-state index contributed by atoms with van der Waals surface area (Å²) in [6.45, 7) is 8.66. The zero-order chi connectivity index (χ0) is 27.5. The van der Waals surface area contributed by atoms with Crippen molar-refractivity contribution in [3.63, 3.8) is 0 Å². The largest absolute Gasteiger partial charge is 0.416 e. The molecule has 5 nitrogen and oxygen atoms in total. The number of carbonyl (C=O) groups excluding carboxylic acids is 2. The number of hydrogen-bond acceptors (Lipinski definition) is 3. The molecule has 1 heterocycles. The average Bonchev–Trinajstić information content (AvgIpc) is 2.87. The van der Waals surface area contributed by atoms with Crippen molar-refractivity contribution < 1.29 is 22.8 Å². The molecular formula is C30H32F3N3O2. The highest BCUT2D eigenvalue weighted by atomic mass is 19.4. The topological polar surface area (TPSA) is 61.4 Å². The molecule has 0 bridgehead atoms. The van der Waals surface area contributed by atoms with Crippen LogP contribution < -0.4 is 10.6 Å². The average molecular weight is 524 g/mol. The molecule has 200 valence electrons. The maximum Gasteiger partial charge on any atom is 0.416 e. The molecule has 3 aromatic rings. The first kappa shape index (κ1) is 27.4. The van der Waals surface area contributed by atoms with E-state index in [9.17, 15) is 22.8 Å². The number of nitrogens with zero attached hydrogens (tertiary/aromatic N) is 1. The quantitative estimate of drug-likeness (QED) is 0.408. The lowest BCUT2D eigenvalue weighted by atomic mass is 9.96. The second-order valence-corrected chi connectivity index (χ2v) is 10.6. The van der Waals surface area contributed by atoms with Crippen molar-refractivity contribution in [2.75, 3.05) is 25.0 Å². The predicted molar refractivity (Wildman–Crippen MR) is 143 cm³/mol. The maximum atomic E-state index is 13.2. The summed E-state index contributed by atoms with van der Waals surface area (Å²) in [5.74, 6) is -0.289. The van der Waals surface area contributed by atoms with Crippen LogP contribution in [0.2, 0.25) is 0 Å². The van der Waals surface area contributed by atoms with Crippen molar-refractivity contribution in [1.82, 2.24) is 10.2 Å². The van der Waals surface area contributed by atoms with E-state index in [0.29, 0.717) is 28.9 Å². The fourth-order valence-electron chi connectivity index (χ4n) is 4.44. The summed E-state index contributed by atoms with van der Waals surface area (Å²) in [5, 5.41) is 5.93. The van der Waals surface area contributed by atoms with Crippen LogP contribution in [0.4, 0.5) is 18.9 Å². The number of carbonyl (C=O) groups is 2.